The summed E-state index contributed by atoms with van der Waals surface area (Å²) in [7, 11) is 1.93. The molecule has 3 nitrogen and oxygen atoms in total. The van der Waals surface area contributed by atoms with Gasteiger partial charge in [0.1, 0.15) is 11.5 Å². The van der Waals surface area contributed by atoms with Gasteiger partial charge in [-0.1, -0.05) is 23.7 Å². The average molecular weight is 266 g/mol. The number of hydrogen-bond acceptors (Lipinski definition) is 3. The number of nitrogens with zero attached hydrogens (tertiary/aromatic N) is 1. The maximum absolute atomic E-state index is 9.35. The SMILES string of the molecule is Cc1ccc(CN(C)c2c(Cl)cccc2CO)o1. The van der Waals surface area contributed by atoms with Crippen LogP contribution >= 0.6 is 11.6 Å². The number of aryl methyl sites for hydroxylation is 1. The number of hydrogen-bond donors (Lipinski definition) is 1. The van der Waals surface area contributed by atoms with Crippen LogP contribution in [0.1, 0.15) is 17.1 Å². The Labute approximate surface area is 112 Å². The van der Waals surface area contributed by atoms with Crippen LogP contribution in [0.5, 0.6) is 0 Å². The van der Waals surface area contributed by atoms with Crippen LogP contribution in [-0.4, -0.2) is 12.2 Å². The summed E-state index contributed by atoms with van der Waals surface area (Å²) in [6, 6.07) is 9.40. The molecule has 0 aliphatic heterocycles. The minimum Gasteiger partial charge on any atom is -0.464 e. The highest BCUT2D eigenvalue weighted by Gasteiger charge is 2.12. The highest BCUT2D eigenvalue weighted by atomic mass is 35.5. The van der Waals surface area contributed by atoms with Gasteiger partial charge < -0.3 is 14.4 Å². The van der Waals surface area contributed by atoms with E-state index in [9.17, 15) is 5.11 Å². The van der Waals surface area contributed by atoms with Crippen molar-refractivity contribution < 1.29 is 9.52 Å². The van der Waals surface area contributed by atoms with Gasteiger partial charge in [-0.25, -0.2) is 0 Å². The first-order valence-corrected chi connectivity index (χ1v) is 6.14. The summed E-state index contributed by atoms with van der Waals surface area (Å²) in [6.07, 6.45) is 0. The monoisotopic (exact) mass is 265 g/mol. The number of aliphatic hydroxyl groups excluding tert-OH is 1. The molecule has 0 aliphatic carbocycles. The zero-order chi connectivity index (χ0) is 13.1. The molecule has 0 atom stereocenters. The molecular weight excluding hydrogens is 250 g/mol. The molecule has 0 saturated carbocycles. The van der Waals surface area contributed by atoms with Gasteiger partial charge in [0, 0.05) is 12.6 Å². The third-order valence-corrected chi connectivity index (χ3v) is 3.12. The van der Waals surface area contributed by atoms with E-state index in [0.717, 1.165) is 22.8 Å². The van der Waals surface area contributed by atoms with E-state index < -0.39 is 0 Å². The van der Waals surface area contributed by atoms with Crippen LogP contribution in [0.15, 0.2) is 34.7 Å². The second-order valence-electron chi connectivity index (χ2n) is 4.27. The maximum atomic E-state index is 9.35. The molecule has 0 aliphatic rings. The molecule has 0 unspecified atom stereocenters. The molecule has 4 heteroatoms. The fourth-order valence-electron chi connectivity index (χ4n) is 2.00. The van der Waals surface area contributed by atoms with Crippen molar-refractivity contribution in [3.8, 4) is 0 Å². The molecule has 18 heavy (non-hydrogen) atoms. The minimum absolute atomic E-state index is 0.0303. The molecule has 2 aromatic rings. The van der Waals surface area contributed by atoms with Gasteiger partial charge in [-0.05, 0) is 25.1 Å². The lowest BCUT2D eigenvalue weighted by Gasteiger charge is -2.22. The first kappa shape index (κ1) is 13.0. The van der Waals surface area contributed by atoms with E-state index in [4.69, 9.17) is 16.0 Å². The molecule has 1 aromatic carbocycles. The molecule has 1 N–H and O–H groups in total. The topological polar surface area (TPSA) is 36.6 Å². The number of para-hydroxylation sites is 1. The van der Waals surface area contributed by atoms with Gasteiger partial charge in [-0.2, -0.15) is 0 Å². The van der Waals surface area contributed by atoms with Crippen LogP contribution in [-0.2, 0) is 13.2 Å². The highest BCUT2D eigenvalue weighted by Crippen LogP contribution is 2.30. The predicted molar refractivity (Wildman–Crippen MR) is 72.9 cm³/mol. The van der Waals surface area contributed by atoms with Gasteiger partial charge in [0.15, 0.2) is 0 Å². The van der Waals surface area contributed by atoms with E-state index in [1.54, 1.807) is 0 Å². The van der Waals surface area contributed by atoms with Crippen molar-refractivity contribution in [2.75, 3.05) is 11.9 Å². The molecule has 0 fully saturated rings. The van der Waals surface area contributed by atoms with E-state index in [0.29, 0.717) is 11.6 Å². The lowest BCUT2D eigenvalue weighted by molar-refractivity contribution is 0.282. The quantitative estimate of drug-likeness (QED) is 0.921. The Morgan fingerprint density at radius 2 is 2.06 bits per heavy atom. The second-order valence-corrected chi connectivity index (χ2v) is 4.68. The summed E-state index contributed by atoms with van der Waals surface area (Å²) in [5, 5.41) is 9.99. The van der Waals surface area contributed by atoms with Crippen molar-refractivity contribution in [1.82, 2.24) is 0 Å². The summed E-state index contributed by atoms with van der Waals surface area (Å²) in [5.41, 5.74) is 1.66. The third-order valence-electron chi connectivity index (χ3n) is 2.81. The van der Waals surface area contributed by atoms with E-state index >= 15 is 0 Å². The van der Waals surface area contributed by atoms with Crippen LogP contribution in [0.4, 0.5) is 5.69 Å². The highest BCUT2D eigenvalue weighted by molar-refractivity contribution is 6.33. The predicted octanol–water partition coefficient (Wildman–Crippen LogP) is 3.37. The van der Waals surface area contributed by atoms with Gasteiger partial charge in [0.25, 0.3) is 0 Å². The largest absolute Gasteiger partial charge is 0.464 e. The molecule has 0 radical (unpaired) electrons. The van der Waals surface area contributed by atoms with Gasteiger partial charge in [0.2, 0.25) is 0 Å². The minimum atomic E-state index is -0.0303. The summed E-state index contributed by atoms with van der Waals surface area (Å²) in [6.45, 7) is 2.50. The van der Waals surface area contributed by atoms with Crippen molar-refractivity contribution in [3.63, 3.8) is 0 Å². The maximum Gasteiger partial charge on any atom is 0.123 e. The zero-order valence-electron chi connectivity index (χ0n) is 10.5. The second kappa shape index (κ2) is 5.46. The fraction of sp³-hybridized carbons (Fsp3) is 0.286. The fourth-order valence-corrected chi connectivity index (χ4v) is 2.34. The number of aliphatic hydroxyl groups is 1. The standard InChI is InChI=1S/C14H16ClNO2/c1-10-6-7-12(18-10)8-16(2)14-11(9-17)4-3-5-13(14)15/h3-7,17H,8-9H2,1-2H3. The van der Waals surface area contributed by atoms with Gasteiger partial charge in [-0.15, -0.1) is 0 Å². The first-order valence-electron chi connectivity index (χ1n) is 5.76. The van der Waals surface area contributed by atoms with Crippen molar-refractivity contribution in [2.24, 2.45) is 0 Å². The average Bonchev–Trinajstić information content (AvgIpc) is 2.74. The Balaban J connectivity index is 2.25. The van der Waals surface area contributed by atoms with Crippen molar-refractivity contribution >= 4 is 17.3 Å². The van der Waals surface area contributed by atoms with Gasteiger partial charge in [0.05, 0.1) is 23.9 Å². The zero-order valence-corrected chi connectivity index (χ0v) is 11.2. The number of halogens is 1. The Hall–Kier alpha value is -1.45. The molecule has 0 saturated heterocycles. The van der Waals surface area contributed by atoms with Crippen molar-refractivity contribution in [1.29, 1.82) is 0 Å². The van der Waals surface area contributed by atoms with Crippen LogP contribution < -0.4 is 4.90 Å². The number of benzene rings is 1. The van der Waals surface area contributed by atoms with Crippen LogP contribution in [0.3, 0.4) is 0 Å². The molecular formula is C14H16ClNO2. The van der Waals surface area contributed by atoms with E-state index in [2.05, 4.69) is 0 Å². The Kier molecular flexibility index (Phi) is 3.94. The van der Waals surface area contributed by atoms with E-state index in [-0.39, 0.29) is 6.61 Å². The smallest absolute Gasteiger partial charge is 0.123 e. The molecule has 0 spiro atoms. The molecule has 0 bridgehead atoms. The summed E-state index contributed by atoms with van der Waals surface area (Å²) >= 11 is 6.19. The summed E-state index contributed by atoms with van der Waals surface area (Å²) in [4.78, 5) is 1.98. The molecule has 96 valence electrons. The molecule has 1 heterocycles. The Morgan fingerprint density at radius 3 is 2.67 bits per heavy atom. The lowest BCUT2D eigenvalue weighted by atomic mass is 10.1. The molecule has 0 amide bonds. The Bertz CT molecular complexity index is 536. The number of anilines is 1. The van der Waals surface area contributed by atoms with E-state index in [1.807, 2.05) is 49.2 Å². The van der Waals surface area contributed by atoms with Crippen LogP contribution in [0.25, 0.3) is 0 Å². The van der Waals surface area contributed by atoms with Crippen molar-refractivity contribution in [2.45, 2.75) is 20.1 Å². The first-order chi connectivity index (χ1) is 8.61. The molecule has 2 rings (SSSR count). The van der Waals surface area contributed by atoms with E-state index in [1.165, 1.54) is 0 Å². The van der Waals surface area contributed by atoms with Crippen LogP contribution in [0, 0.1) is 6.92 Å². The third kappa shape index (κ3) is 2.68. The Morgan fingerprint density at radius 1 is 1.28 bits per heavy atom. The summed E-state index contributed by atoms with van der Waals surface area (Å²) < 4.78 is 5.54. The van der Waals surface area contributed by atoms with Crippen LogP contribution in [0.2, 0.25) is 5.02 Å². The lowest BCUT2D eigenvalue weighted by Crippen LogP contribution is -2.18. The normalized spacial score (nSPS) is 10.7. The number of furan rings is 1. The van der Waals surface area contributed by atoms with Gasteiger partial charge in [-0.3, -0.25) is 0 Å². The molecule has 1 aromatic heterocycles. The summed E-state index contributed by atoms with van der Waals surface area (Å²) in [5.74, 6) is 1.76. The van der Waals surface area contributed by atoms with Crippen molar-refractivity contribution in [3.05, 3.63) is 52.4 Å². The van der Waals surface area contributed by atoms with Gasteiger partial charge >= 0.3 is 0 Å². The number of rotatable bonds is 4.